The van der Waals surface area contributed by atoms with Gasteiger partial charge in [0.1, 0.15) is 5.82 Å². The Hall–Kier alpha value is -2.04. The molecule has 3 aromatic rings. The number of hydrogen-bond acceptors (Lipinski definition) is 2. The largest absolute Gasteiger partial charge is 0.343 e. The molecule has 0 bridgehead atoms. The molecule has 1 aromatic heterocycles. The van der Waals surface area contributed by atoms with E-state index >= 15 is 0 Å². The highest BCUT2D eigenvalue weighted by Crippen LogP contribution is 2.29. The number of nitrogens with zero attached hydrogens (tertiary/aromatic N) is 3. The molecular weight excluding hydrogens is 393 g/mol. The fraction of sp³-hybridized carbons (Fsp3) is 0.364. The van der Waals surface area contributed by atoms with E-state index in [-0.39, 0.29) is 5.91 Å². The summed E-state index contributed by atoms with van der Waals surface area (Å²) in [5.41, 5.74) is 4.15. The first kappa shape index (κ1) is 19.3. The Labute approximate surface area is 175 Å². The zero-order valence-corrected chi connectivity index (χ0v) is 17.4. The number of fused-ring (bicyclic) bond motifs is 1. The van der Waals surface area contributed by atoms with Crippen molar-refractivity contribution in [1.29, 1.82) is 0 Å². The van der Waals surface area contributed by atoms with Crippen LogP contribution in [0.25, 0.3) is 11.0 Å². The van der Waals surface area contributed by atoms with E-state index in [2.05, 4.69) is 35.8 Å². The van der Waals surface area contributed by atoms with E-state index in [1.165, 1.54) is 11.1 Å². The summed E-state index contributed by atoms with van der Waals surface area (Å²) in [4.78, 5) is 19.3. The summed E-state index contributed by atoms with van der Waals surface area (Å²) in [5, 5.41) is 0.997. The molecule has 2 aromatic carbocycles. The van der Waals surface area contributed by atoms with Gasteiger partial charge < -0.3 is 9.47 Å². The Morgan fingerprint density at radius 1 is 1.07 bits per heavy atom. The molecule has 0 atom stereocenters. The lowest BCUT2D eigenvalue weighted by Crippen LogP contribution is -2.28. The summed E-state index contributed by atoms with van der Waals surface area (Å²) >= 11 is 12.5. The van der Waals surface area contributed by atoms with E-state index in [9.17, 15) is 4.79 Å². The van der Waals surface area contributed by atoms with Crippen LogP contribution in [0.3, 0.4) is 0 Å². The van der Waals surface area contributed by atoms with E-state index in [0.29, 0.717) is 29.4 Å². The van der Waals surface area contributed by atoms with Crippen molar-refractivity contribution in [2.75, 3.05) is 13.1 Å². The van der Waals surface area contributed by atoms with Gasteiger partial charge in [-0.3, -0.25) is 4.79 Å². The van der Waals surface area contributed by atoms with Crippen molar-refractivity contribution < 1.29 is 4.79 Å². The lowest BCUT2D eigenvalue weighted by molar-refractivity contribution is -0.130. The van der Waals surface area contributed by atoms with Crippen molar-refractivity contribution in [2.45, 2.75) is 39.2 Å². The Kier molecular flexibility index (Phi) is 5.61. The van der Waals surface area contributed by atoms with E-state index in [0.717, 1.165) is 42.8 Å². The average molecular weight is 416 g/mol. The molecule has 146 valence electrons. The molecule has 0 radical (unpaired) electrons. The molecule has 0 spiro atoms. The maximum absolute atomic E-state index is 12.5. The topological polar surface area (TPSA) is 38.1 Å². The standard InChI is InChI=1S/C22H23Cl2N3O/c1-15-4-6-16(7-5-15)12-21-25-19-13-17(23)18(24)14-20(19)27(21)11-8-22(28)26-9-2-3-10-26/h4-7,13-14H,2-3,8-12H2,1H3. The van der Waals surface area contributed by atoms with Crippen molar-refractivity contribution >= 4 is 40.1 Å². The third kappa shape index (κ3) is 4.03. The van der Waals surface area contributed by atoms with Gasteiger partial charge in [0, 0.05) is 32.5 Å². The summed E-state index contributed by atoms with van der Waals surface area (Å²) in [6.07, 6.45) is 3.37. The second kappa shape index (κ2) is 8.14. The maximum Gasteiger partial charge on any atom is 0.224 e. The average Bonchev–Trinajstić information content (AvgIpc) is 3.31. The molecule has 0 saturated carbocycles. The molecule has 1 saturated heterocycles. The van der Waals surface area contributed by atoms with Crippen molar-refractivity contribution in [3.05, 3.63) is 63.4 Å². The molecule has 4 rings (SSSR count). The molecule has 1 aliphatic rings. The van der Waals surface area contributed by atoms with Crippen molar-refractivity contribution in [3.8, 4) is 0 Å². The second-order valence-electron chi connectivity index (χ2n) is 7.43. The number of benzene rings is 2. The van der Waals surface area contributed by atoms with Gasteiger partial charge in [-0.1, -0.05) is 53.0 Å². The molecule has 2 heterocycles. The SMILES string of the molecule is Cc1ccc(Cc2nc3cc(Cl)c(Cl)cc3n2CCC(=O)N2CCCC2)cc1. The molecule has 0 N–H and O–H groups in total. The number of imidazole rings is 1. The van der Waals surface area contributed by atoms with Gasteiger partial charge in [-0.15, -0.1) is 0 Å². The van der Waals surface area contributed by atoms with Crippen molar-refractivity contribution in [2.24, 2.45) is 0 Å². The monoisotopic (exact) mass is 415 g/mol. The first-order valence-electron chi connectivity index (χ1n) is 9.69. The highest BCUT2D eigenvalue weighted by atomic mass is 35.5. The normalized spacial score (nSPS) is 14.2. The number of carbonyl (C=O) groups is 1. The maximum atomic E-state index is 12.5. The highest BCUT2D eigenvalue weighted by molar-refractivity contribution is 6.42. The van der Waals surface area contributed by atoms with Gasteiger partial charge in [-0.2, -0.15) is 0 Å². The summed E-state index contributed by atoms with van der Waals surface area (Å²) in [6.45, 7) is 4.42. The minimum absolute atomic E-state index is 0.209. The van der Waals surface area contributed by atoms with Crippen LogP contribution in [-0.4, -0.2) is 33.4 Å². The summed E-state index contributed by atoms with van der Waals surface area (Å²) in [6, 6.07) is 12.1. The van der Waals surface area contributed by atoms with Gasteiger partial charge in [-0.05, 0) is 37.5 Å². The van der Waals surface area contributed by atoms with Gasteiger partial charge in [0.15, 0.2) is 0 Å². The first-order chi connectivity index (χ1) is 13.5. The van der Waals surface area contributed by atoms with Gasteiger partial charge in [-0.25, -0.2) is 4.98 Å². The van der Waals surface area contributed by atoms with Gasteiger partial charge in [0.25, 0.3) is 0 Å². The predicted octanol–water partition coefficient (Wildman–Crippen LogP) is 5.25. The second-order valence-corrected chi connectivity index (χ2v) is 8.25. The third-order valence-electron chi connectivity index (χ3n) is 5.36. The fourth-order valence-electron chi connectivity index (χ4n) is 3.78. The van der Waals surface area contributed by atoms with Crippen LogP contribution in [-0.2, 0) is 17.8 Å². The van der Waals surface area contributed by atoms with Crippen LogP contribution >= 0.6 is 23.2 Å². The number of amides is 1. The van der Waals surface area contributed by atoms with E-state index in [4.69, 9.17) is 28.2 Å². The number of aromatic nitrogens is 2. The van der Waals surface area contributed by atoms with Crippen LogP contribution in [0.5, 0.6) is 0 Å². The minimum atomic E-state index is 0.209. The van der Waals surface area contributed by atoms with Gasteiger partial charge in [0.05, 0.1) is 21.1 Å². The number of hydrogen-bond donors (Lipinski definition) is 0. The number of rotatable bonds is 5. The smallest absolute Gasteiger partial charge is 0.224 e. The highest BCUT2D eigenvalue weighted by Gasteiger charge is 2.19. The molecule has 6 heteroatoms. The van der Waals surface area contributed by atoms with Crippen LogP contribution in [0.15, 0.2) is 36.4 Å². The predicted molar refractivity (Wildman–Crippen MR) is 114 cm³/mol. The number of aryl methyl sites for hydroxylation is 2. The molecule has 4 nitrogen and oxygen atoms in total. The Morgan fingerprint density at radius 3 is 2.46 bits per heavy atom. The van der Waals surface area contributed by atoms with Gasteiger partial charge >= 0.3 is 0 Å². The van der Waals surface area contributed by atoms with Gasteiger partial charge in [0.2, 0.25) is 5.91 Å². The Morgan fingerprint density at radius 2 is 1.75 bits per heavy atom. The first-order valence-corrected chi connectivity index (χ1v) is 10.4. The zero-order chi connectivity index (χ0) is 19.7. The molecular formula is C22H23Cl2N3O. The Bertz CT molecular complexity index is 1000. The quantitative estimate of drug-likeness (QED) is 0.570. The summed E-state index contributed by atoms with van der Waals surface area (Å²) in [5.74, 6) is 1.13. The van der Waals surface area contributed by atoms with Crippen molar-refractivity contribution in [3.63, 3.8) is 0 Å². The van der Waals surface area contributed by atoms with E-state index in [1.54, 1.807) is 6.07 Å². The molecule has 1 amide bonds. The third-order valence-corrected chi connectivity index (χ3v) is 6.08. The van der Waals surface area contributed by atoms with Crippen LogP contribution in [0.4, 0.5) is 0 Å². The zero-order valence-electron chi connectivity index (χ0n) is 15.9. The van der Waals surface area contributed by atoms with E-state index < -0.39 is 0 Å². The van der Waals surface area contributed by atoms with Crippen LogP contribution in [0, 0.1) is 6.92 Å². The minimum Gasteiger partial charge on any atom is -0.343 e. The number of carbonyl (C=O) groups excluding carboxylic acids is 1. The van der Waals surface area contributed by atoms with E-state index in [1.807, 2.05) is 11.0 Å². The Balaban J connectivity index is 1.65. The molecule has 28 heavy (non-hydrogen) atoms. The molecule has 0 aliphatic carbocycles. The van der Waals surface area contributed by atoms with Crippen LogP contribution in [0.2, 0.25) is 10.0 Å². The lowest BCUT2D eigenvalue weighted by atomic mass is 10.1. The van der Waals surface area contributed by atoms with Crippen molar-refractivity contribution in [1.82, 2.24) is 14.5 Å². The number of likely N-dealkylation sites (tertiary alicyclic amines) is 1. The lowest BCUT2D eigenvalue weighted by Gasteiger charge is -2.16. The molecule has 1 fully saturated rings. The fourth-order valence-corrected chi connectivity index (χ4v) is 4.09. The molecule has 1 aliphatic heterocycles. The summed E-state index contributed by atoms with van der Waals surface area (Å²) < 4.78 is 2.12. The van der Waals surface area contributed by atoms with Crippen LogP contribution < -0.4 is 0 Å². The molecule has 0 unspecified atom stereocenters. The summed E-state index contributed by atoms with van der Waals surface area (Å²) in [7, 11) is 0. The number of halogens is 2. The van der Waals surface area contributed by atoms with Crippen LogP contribution in [0.1, 0.15) is 36.2 Å².